The fourth-order valence-corrected chi connectivity index (χ4v) is 3.49. The summed E-state index contributed by atoms with van der Waals surface area (Å²) in [6.07, 6.45) is 3.21. The number of allylic oxidation sites excluding steroid dienone is 1. The number of nitrogens with one attached hydrogen (secondary N) is 1. The van der Waals surface area contributed by atoms with E-state index < -0.39 is 30.4 Å². The molecule has 0 atom stereocenters. The van der Waals surface area contributed by atoms with E-state index in [2.05, 4.69) is 11.9 Å². The number of anilines is 1. The molecular weight excluding hydrogens is 464 g/mol. The van der Waals surface area contributed by atoms with Crippen molar-refractivity contribution in [3.63, 3.8) is 0 Å². The lowest BCUT2D eigenvalue weighted by atomic mass is 10.0. The maximum Gasteiger partial charge on any atom is 0.341 e. The van der Waals surface area contributed by atoms with Gasteiger partial charge >= 0.3 is 12.0 Å². The number of halogens is 1. The van der Waals surface area contributed by atoms with Crippen LogP contribution >= 0.6 is 11.6 Å². The molecule has 0 saturated carbocycles. The number of carboxylic acid groups (broad SMARTS) is 1. The molecule has 1 aliphatic heterocycles. The molecule has 10 heteroatoms. The van der Waals surface area contributed by atoms with Crippen LogP contribution in [0.5, 0.6) is 11.5 Å². The van der Waals surface area contributed by atoms with Gasteiger partial charge in [0.15, 0.2) is 18.1 Å². The molecular formula is C24H21ClN2O7. The molecule has 1 heterocycles. The quantitative estimate of drug-likeness (QED) is 0.317. The van der Waals surface area contributed by atoms with Gasteiger partial charge in [-0.1, -0.05) is 23.7 Å². The lowest BCUT2D eigenvalue weighted by Crippen LogP contribution is -2.54. The summed E-state index contributed by atoms with van der Waals surface area (Å²) < 4.78 is 11.0. The van der Waals surface area contributed by atoms with Crippen molar-refractivity contribution in [1.82, 2.24) is 5.32 Å². The second-order valence-corrected chi connectivity index (χ2v) is 7.49. The number of ether oxygens (including phenoxy) is 2. The molecule has 2 aromatic carbocycles. The molecule has 1 saturated heterocycles. The van der Waals surface area contributed by atoms with Crippen molar-refractivity contribution in [2.45, 2.75) is 13.3 Å². The van der Waals surface area contributed by atoms with Crippen molar-refractivity contribution >= 4 is 47.2 Å². The summed E-state index contributed by atoms with van der Waals surface area (Å²) in [5.41, 5.74) is 0.862. The van der Waals surface area contributed by atoms with E-state index in [1.807, 2.05) is 0 Å². The van der Waals surface area contributed by atoms with Crippen molar-refractivity contribution < 1.29 is 33.8 Å². The van der Waals surface area contributed by atoms with E-state index in [4.69, 9.17) is 26.2 Å². The summed E-state index contributed by atoms with van der Waals surface area (Å²) in [6, 6.07) is 8.34. The van der Waals surface area contributed by atoms with E-state index in [0.717, 1.165) is 4.90 Å². The fourth-order valence-electron chi connectivity index (χ4n) is 3.31. The van der Waals surface area contributed by atoms with Crippen LogP contribution in [-0.4, -0.2) is 42.1 Å². The molecule has 2 N–H and O–H groups in total. The molecule has 4 amide bonds. The Morgan fingerprint density at radius 1 is 1.21 bits per heavy atom. The molecule has 0 aromatic heterocycles. The minimum atomic E-state index is -1.16. The Labute approximate surface area is 200 Å². The van der Waals surface area contributed by atoms with Crippen LogP contribution in [0.4, 0.5) is 10.5 Å². The number of rotatable bonds is 9. The Kier molecular flexibility index (Phi) is 7.70. The van der Waals surface area contributed by atoms with Gasteiger partial charge in [0.25, 0.3) is 11.8 Å². The Morgan fingerprint density at radius 3 is 2.62 bits per heavy atom. The summed E-state index contributed by atoms with van der Waals surface area (Å²) in [6.45, 7) is 5.11. The average molecular weight is 485 g/mol. The van der Waals surface area contributed by atoms with E-state index in [-0.39, 0.29) is 29.4 Å². The molecule has 0 aliphatic carbocycles. The Balaban J connectivity index is 2.07. The summed E-state index contributed by atoms with van der Waals surface area (Å²) in [4.78, 5) is 49.8. The van der Waals surface area contributed by atoms with Crippen molar-refractivity contribution in [3.05, 3.63) is 70.8 Å². The van der Waals surface area contributed by atoms with Crippen LogP contribution in [0.1, 0.15) is 18.1 Å². The smallest absolute Gasteiger partial charge is 0.341 e. The Morgan fingerprint density at radius 2 is 1.97 bits per heavy atom. The van der Waals surface area contributed by atoms with Gasteiger partial charge in [-0.25, -0.2) is 14.5 Å². The van der Waals surface area contributed by atoms with E-state index in [0.29, 0.717) is 22.6 Å². The lowest BCUT2D eigenvalue weighted by Gasteiger charge is -2.26. The molecule has 176 valence electrons. The zero-order valence-electron chi connectivity index (χ0n) is 18.2. The van der Waals surface area contributed by atoms with Gasteiger partial charge in [-0.05, 0) is 55.3 Å². The number of benzene rings is 2. The third-order valence-electron chi connectivity index (χ3n) is 4.64. The van der Waals surface area contributed by atoms with Gasteiger partial charge in [-0.15, -0.1) is 6.58 Å². The van der Waals surface area contributed by atoms with Crippen molar-refractivity contribution in [1.29, 1.82) is 0 Å². The molecule has 3 rings (SSSR count). The molecule has 34 heavy (non-hydrogen) atoms. The molecule has 2 aromatic rings. The Bertz CT molecular complexity index is 1210. The average Bonchev–Trinajstić information content (AvgIpc) is 2.76. The van der Waals surface area contributed by atoms with Gasteiger partial charge in [-0.3, -0.25) is 14.9 Å². The third kappa shape index (κ3) is 5.44. The second kappa shape index (κ2) is 10.7. The molecule has 0 unspecified atom stereocenters. The van der Waals surface area contributed by atoms with Crippen LogP contribution in [0.25, 0.3) is 6.08 Å². The largest absolute Gasteiger partial charge is 0.490 e. The predicted molar refractivity (Wildman–Crippen MR) is 125 cm³/mol. The van der Waals surface area contributed by atoms with Crippen LogP contribution in [0, 0.1) is 0 Å². The normalized spacial score (nSPS) is 14.7. The van der Waals surface area contributed by atoms with E-state index in [9.17, 15) is 19.2 Å². The van der Waals surface area contributed by atoms with Crippen LogP contribution in [0.2, 0.25) is 5.02 Å². The first-order valence-electron chi connectivity index (χ1n) is 10.2. The first-order chi connectivity index (χ1) is 16.2. The number of hydrogen-bond donors (Lipinski definition) is 2. The SMILES string of the molecule is C=CCc1cc(/C=C2\C(=O)NC(=O)N(c3cccc(Cl)c3)C2=O)cc(OCC)c1OCC(=O)O. The summed E-state index contributed by atoms with van der Waals surface area (Å²) >= 11 is 5.99. The van der Waals surface area contributed by atoms with Gasteiger partial charge in [0.2, 0.25) is 0 Å². The number of carboxylic acids is 1. The van der Waals surface area contributed by atoms with Crippen LogP contribution in [-0.2, 0) is 20.8 Å². The third-order valence-corrected chi connectivity index (χ3v) is 4.87. The summed E-state index contributed by atoms with van der Waals surface area (Å²) in [7, 11) is 0. The predicted octanol–water partition coefficient (Wildman–Crippen LogP) is 3.60. The number of barbiturate groups is 1. The van der Waals surface area contributed by atoms with Crippen LogP contribution in [0.3, 0.4) is 0 Å². The monoisotopic (exact) mass is 484 g/mol. The van der Waals surface area contributed by atoms with Crippen molar-refractivity contribution in [2.24, 2.45) is 0 Å². The number of hydrogen-bond acceptors (Lipinski definition) is 6. The zero-order valence-corrected chi connectivity index (χ0v) is 18.9. The number of aliphatic carboxylic acids is 1. The molecule has 0 radical (unpaired) electrons. The van der Waals surface area contributed by atoms with Crippen molar-refractivity contribution in [3.8, 4) is 11.5 Å². The summed E-state index contributed by atoms with van der Waals surface area (Å²) in [5.74, 6) is -2.38. The van der Waals surface area contributed by atoms with Gasteiger partial charge in [-0.2, -0.15) is 0 Å². The van der Waals surface area contributed by atoms with Gasteiger partial charge in [0.05, 0.1) is 12.3 Å². The second-order valence-electron chi connectivity index (χ2n) is 7.05. The van der Waals surface area contributed by atoms with Gasteiger partial charge in [0.1, 0.15) is 5.57 Å². The van der Waals surface area contributed by atoms with Crippen molar-refractivity contribution in [2.75, 3.05) is 18.1 Å². The Hall–Kier alpha value is -4.11. The van der Waals surface area contributed by atoms with Gasteiger partial charge < -0.3 is 14.6 Å². The highest BCUT2D eigenvalue weighted by molar-refractivity contribution is 6.39. The number of carbonyl (C=O) groups excluding carboxylic acids is 3. The molecule has 0 bridgehead atoms. The molecule has 0 spiro atoms. The minimum absolute atomic E-state index is 0.202. The number of imide groups is 2. The minimum Gasteiger partial charge on any atom is -0.490 e. The molecule has 9 nitrogen and oxygen atoms in total. The molecule has 1 fully saturated rings. The van der Waals surface area contributed by atoms with Crippen LogP contribution < -0.4 is 19.7 Å². The standard InChI is InChI=1S/C24H21ClN2O7/c1-3-6-15-9-14(11-19(33-4-2)21(15)34-13-20(28)29)10-18-22(30)26-24(32)27(23(18)31)17-8-5-7-16(25)12-17/h3,5,7-12H,1,4,6,13H2,2H3,(H,28,29)(H,26,30,32)/b18-10+. The highest BCUT2D eigenvalue weighted by Gasteiger charge is 2.37. The first-order valence-corrected chi connectivity index (χ1v) is 10.5. The number of urea groups is 1. The maximum atomic E-state index is 13.1. The first kappa shape index (κ1) is 24.5. The highest BCUT2D eigenvalue weighted by atomic mass is 35.5. The number of amides is 4. The maximum absolute atomic E-state index is 13.1. The lowest BCUT2D eigenvalue weighted by molar-refractivity contribution is -0.139. The van der Waals surface area contributed by atoms with E-state index >= 15 is 0 Å². The number of nitrogens with zero attached hydrogens (tertiary/aromatic N) is 1. The topological polar surface area (TPSA) is 122 Å². The molecule has 1 aliphatic rings. The highest BCUT2D eigenvalue weighted by Crippen LogP contribution is 2.35. The fraction of sp³-hybridized carbons (Fsp3) is 0.167. The van der Waals surface area contributed by atoms with Gasteiger partial charge in [0, 0.05) is 10.6 Å². The summed E-state index contributed by atoms with van der Waals surface area (Å²) in [5, 5.41) is 11.4. The van der Waals surface area contributed by atoms with Crippen LogP contribution in [0.15, 0.2) is 54.6 Å². The zero-order chi connectivity index (χ0) is 24.8. The van der Waals surface area contributed by atoms with E-state index in [1.54, 1.807) is 31.2 Å². The van der Waals surface area contributed by atoms with E-state index in [1.165, 1.54) is 24.3 Å². The number of carbonyl (C=O) groups is 4.